The van der Waals surface area contributed by atoms with Crippen LogP contribution in [-0.2, 0) is 0 Å². The molecule has 70 valence electrons. The molecule has 13 heavy (non-hydrogen) atoms. The van der Waals surface area contributed by atoms with Gasteiger partial charge in [-0.25, -0.2) is 4.39 Å². The normalized spacial score (nSPS) is 11.5. The molecule has 0 spiro atoms. The summed E-state index contributed by atoms with van der Waals surface area (Å²) in [6.07, 6.45) is 0. The number of hydrogen-bond donors (Lipinski definition) is 1. The number of benzene rings is 1. The molecule has 0 amide bonds. The van der Waals surface area contributed by atoms with Gasteiger partial charge >= 0.3 is 0 Å². The summed E-state index contributed by atoms with van der Waals surface area (Å²) in [6.45, 7) is 0. The highest BCUT2D eigenvalue weighted by molar-refractivity contribution is 5.94. The fourth-order valence-electron chi connectivity index (χ4n) is 0.947. The Balaban J connectivity index is 2.89. The highest BCUT2D eigenvalue weighted by atomic mass is 19.1. The minimum atomic E-state index is -0.260. The van der Waals surface area contributed by atoms with Crippen molar-refractivity contribution in [1.29, 1.82) is 0 Å². The van der Waals surface area contributed by atoms with Crippen LogP contribution in [0, 0.1) is 5.82 Å². The smallest absolute Gasteiger partial charge is 0.195 e. The van der Waals surface area contributed by atoms with Crippen molar-refractivity contribution in [3.05, 3.63) is 30.1 Å². The molecule has 0 radical (unpaired) electrons. The number of anilines is 1. The SMILES string of the molecule is CN=C(N)N(C)c1ccc(F)cc1. The van der Waals surface area contributed by atoms with E-state index in [1.165, 1.54) is 12.1 Å². The van der Waals surface area contributed by atoms with E-state index in [-0.39, 0.29) is 5.82 Å². The zero-order chi connectivity index (χ0) is 9.84. The maximum atomic E-state index is 12.6. The molecule has 3 nitrogen and oxygen atoms in total. The predicted molar refractivity (Wildman–Crippen MR) is 52.3 cm³/mol. The number of nitrogens with zero attached hydrogens (tertiary/aromatic N) is 2. The van der Waals surface area contributed by atoms with Gasteiger partial charge in [0, 0.05) is 19.8 Å². The fraction of sp³-hybridized carbons (Fsp3) is 0.222. The van der Waals surface area contributed by atoms with E-state index < -0.39 is 0 Å². The summed E-state index contributed by atoms with van der Waals surface area (Å²) in [7, 11) is 3.38. The Morgan fingerprint density at radius 2 is 1.92 bits per heavy atom. The maximum Gasteiger partial charge on any atom is 0.195 e. The summed E-state index contributed by atoms with van der Waals surface area (Å²) in [5, 5.41) is 0. The molecule has 1 aromatic rings. The summed E-state index contributed by atoms with van der Waals surface area (Å²) in [4.78, 5) is 5.49. The predicted octanol–water partition coefficient (Wildman–Crippen LogP) is 1.21. The van der Waals surface area contributed by atoms with Gasteiger partial charge in [-0.15, -0.1) is 0 Å². The van der Waals surface area contributed by atoms with E-state index in [1.807, 2.05) is 0 Å². The van der Waals surface area contributed by atoms with Gasteiger partial charge in [0.05, 0.1) is 0 Å². The average Bonchev–Trinajstić information content (AvgIpc) is 2.17. The molecule has 2 N–H and O–H groups in total. The van der Waals surface area contributed by atoms with E-state index in [9.17, 15) is 4.39 Å². The lowest BCUT2D eigenvalue weighted by atomic mass is 10.3. The van der Waals surface area contributed by atoms with Crippen LogP contribution in [0.5, 0.6) is 0 Å². The third-order valence-corrected chi connectivity index (χ3v) is 1.79. The topological polar surface area (TPSA) is 41.6 Å². The van der Waals surface area contributed by atoms with Gasteiger partial charge in [0.15, 0.2) is 5.96 Å². The van der Waals surface area contributed by atoms with Crippen molar-refractivity contribution < 1.29 is 4.39 Å². The van der Waals surface area contributed by atoms with Crippen molar-refractivity contribution in [2.45, 2.75) is 0 Å². The van der Waals surface area contributed by atoms with E-state index >= 15 is 0 Å². The molecule has 0 aliphatic rings. The van der Waals surface area contributed by atoms with Crippen LogP contribution in [0.15, 0.2) is 29.3 Å². The lowest BCUT2D eigenvalue weighted by Crippen LogP contribution is -2.33. The van der Waals surface area contributed by atoms with E-state index in [1.54, 1.807) is 31.1 Å². The summed E-state index contributed by atoms with van der Waals surface area (Å²) in [5.41, 5.74) is 6.38. The molecule has 1 aromatic carbocycles. The van der Waals surface area contributed by atoms with E-state index in [4.69, 9.17) is 5.73 Å². The first-order valence-electron chi connectivity index (χ1n) is 3.86. The standard InChI is InChI=1S/C9H12FN3/c1-12-9(11)13(2)8-5-3-7(10)4-6-8/h3-6H,1-2H3,(H2,11,12). The highest BCUT2D eigenvalue weighted by Crippen LogP contribution is 2.12. The second-order valence-corrected chi connectivity index (χ2v) is 2.62. The third-order valence-electron chi connectivity index (χ3n) is 1.79. The summed E-state index contributed by atoms with van der Waals surface area (Å²) >= 11 is 0. The van der Waals surface area contributed by atoms with Crippen LogP contribution in [0.4, 0.5) is 10.1 Å². The van der Waals surface area contributed by atoms with Gasteiger partial charge in [0.1, 0.15) is 5.82 Å². The third kappa shape index (κ3) is 2.18. The molecule has 0 fully saturated rings. The molecule has 0 bridgehead atoms. The first-order chi connectivity index (χ1) is 6.15. The Kier molecular flexibility index (Phi) is 2.84. The Morgan fingerprint density at radius 3 is 2.38 bits per heavy atom. The summed E-state index contributed by atoms with van der Waals surface area (Å²) in [6, 6.07) is 6.06. The minimum absolute atomic E-state index is 0.260. The monoisotopic (exact) mass is 181 g/mol. The van der Waals surface area contributed by atoms with Gasteiger partial charge in [0.25, 0.3) is 0 Å². The molecule has 1 rings (SSSR count). The molecular formula is C9H12FN3. The molecule has 0 aliphatic carbocycles. The quantitative estimate of drug-likeness (QED) is 0.522. The van der Waals surface area contributed by atoms with Crippen LogP contribution >= 0.6 is 0 Å². The Bertz CT molecular complexity index is 305. The van der Waals surface area contributed by atoms with E-state index in [2.05, 4.69) is 4.99 Å². The Morgan fingerprint density at radius 1 is 1.38 bits per heavy atom. The molecule has 0 aliphatic heterocycles. The lowest BCUT2D eigenvalue weighted by Gasteiger charge is -2.17. The maximum absolute atomic E-state index is 12.6. The van der Waals surface area contributed by atoms with Crippen molar-refractivity contribution in [2.75, 3.05) is 19.0 Å². The lowest BCUT2D eigenvalue weighted by molar-refractivity contribution is 0.628. The van der Waals surface area contributed by atoms with Gasteiger partial charge in [-0.3, -0.25) is 4.99 Å². The molecule has 0 saturated carbocycles. The number of rotatable bonds is 1. The van der Waals surface area contributed by atoms with Crippen molar-refractivity contribution in [3.63, 3.8) is 0 Å². The van der Waals surface area contributed by atoms with Crippen molar-refractivity contribution >= 4 is 11.6 Å². The zero-order valence-electron chi connectivity index (χ0n) is 7.66. The van der Waals surface area contributed by atoms with Crippen LogP contribution in [0.1, 0.15) is 0 Å². The second kappa shape index (κ2) is 3.89. The van der Waals surface area contributed by atoms with Crippen molar-refractivity contribution in [2.24, 2.45) is 10.7 Å². The van der Waals surface area contributed by atoms with Crippen molar-refractivity contribution in [1.82, 2.24) is 0 Å². The zero-order valence-corrected chi connectivity index (χ0v) is 7.66. The first-order valence-corrected chi connectivity index (χ1v) is 3.86. The van der Waals surface area contributed by atoms with Gasteiger partial charge < -0.3 is 10.6 Å². The molecule has 4 heteroatoms. The number of hydrogen-bond acceptors (Lipinski definition) is 1. The minimum Gasteiger partial charge on any atom is -0.370 e. The van der Waals surface area contributed by atoms with Gasteiger partial charge in [-0.05, 0) is 24.3 Å². The molecular weight excluding hydrogens is 169 g/mol. The fourth-order valence-corrected chi connectivity index (χ4v) is 0.947. The van der Waals surface area contributed by atoms with Crippen LogP contribution < -0.4 is 10.6 Å². The van der Waals surface area contributed by atoms with Gasteiger partial charge in [-0.1, -0.05) is 0 Å². The average molecular weight is 181 g/mol. The van der Waals surface area contributed by atoms with E-state index in [0.29, 0.717) is 5.96 Å². The number of aliphatic imine (C=N–C) groups is 1. The molecule has 0 atom stereocenters. The Labute approximate surface area is 76.7 Å². The number of halogens is 1. The summed E-state index contributed by atoms with van der Waals surface area (Å²) < 4.78 is 12.6. The van der Waals surface area contributed by atoms with E-state index in [0.717, 1.165) is 5.69 Å². The number of guanidine groups is 1. The number of nitrogens with two attached hydrogens (primary N) is 1. The molecule has 0 heterocycles. The van der Waals surface area contributed by atoms with Gasteiger partial charge in [0.2, 0.25) is 0 Å². The van der Waals surface area contributed by atoms with Crippen LogP contribution in [-0.4, -0.2) is 20.1 Å². The van der Waals surface area contributed by atoms with Crippen molar-refractivity contribution in [3.8, 4) is 0 Å². The Hall–Kier alpha value is -1.58. The first kappa shape index (κ1) is 9.51. The largest absolute Gasteiger partial charge is 0.370 e. The highest BCUT2D eigenvalue weighted by Gasteiger charge is 2.03. The molecule has 0 unspecified atom stereocenters. The van der Waals surface area contributed by atoms with Crippen LogP contribution in [0.3, 0.4) is 0 Å². The molecule has 0 saturated heterocycles. The molecule has 0 aromatic heterocycles. The second-order valence-electron chi connectivity index (χ2n) is 2.62. The van der Waals surface area contributed by atoms with Crippen LogP contribution in [0.2, 0.25) is 0 Å². The van der Waals surface area contributed by atoms with Crippen LogP contribution in [0.25, 0.3) is 0 Å². The summed E-state index contributed by atoms with van der Waals surface area (Å²) in [5.74, 6) is 0.135. The van der Waals surface area contributed by atoms with Gasteiger partial charge in [-0.2, -0.15) is 0 Å².